The first-order chi connectivity index (χ1) is 7.57. The lowest BCUT2D eigenvalue weighted by atomic mass is 9.57. The van der Waals surface area contributed by atoms with Gasteiger partial charge < -0.3 is 15.2 Å². The van der Waals surface area contributed by atoms with E-state index in [9.17, 15) is 5.11 Å². The van der Waals surface area contributed by atoms with Crippen LogP contribution in [0.4, 0.5) is 0 Å². The van der Waals surface area contributed by atoms with Gasteiger partial charge in [-0.05, 0) is 25.8 Å². The van der Waals surface area contributed by atoms with Crippen LogP contribution in [-0.2, 0) is 4.74 Å². The summed E-state index contributed by atoms with van der Waals surface area (Å²) in [5.74, 6) is 0.703. The molecule has 16 heavy (non-hydrogen) atoms. The van der Waals surface area contributed by atoms with Gasteiger partial charge >= 0.3 is 0 Å². The molecule has 2 N–H and O–H groups in total. The fourth-order valence-corrected chi connectivity index (χ4v) is 3.35. The molecule has 0 aromatic heterocycles. The van der Waals surface area contributed by atoms with Gasteiger partial charge in [-0.25, -0.2) is 0 Å². The van der Waals surface area contributed by atoms with Gasteiger partial charge in [0.1, 0.15) is 0 Å². The number of fused-ring (bicyclic) bond motifs is 1. The molecule has 1 heterocycles. The van der Waals surface area contributed by atoms with Crippen molar-refractivity contribution in [1.82, 2.24) is 5.32 Å². The molecule has 0 amide bonds. The first-order valence-electron chi connectivity index (χ1n) is 6.60. The van der Waals surface area contributed by atoms with Crippen LogP contribution >= 0.6 is 0 Å². The van der Waals surface area contributed by atoms with Crippen molar-refractivity contribution < 1.29 is 9.84 Å². The van der Waals surface area contributed by atoms with Crippen molar-refractivity contribution in [2.45, 2.75) is 58.3 Å². The molecule has 0 bridgehead atoms. The summed E-state index contributed by atoms with van der Waals surface area (Å²) in [6, 6.07) is 0.573. The summed E-state index contributed by atoms with van der Waals surface area (Å²) < 4.78 is 5.76. The lowest BCUT2D eigenvalue weighted by Crippen LogP contribution is -2.65. The average molecular weight is 227 g/mol. The van der Waals surface area contributed by atoms with E-state index in [4.69, 9.17) is 4.74 Å². The highest BCUT2D eigenvalue weighted by atomic mass is 16.5. The predicted octanol–water partition coefficient (Wildman–Crippen LogP) is 1.55. The van der Waals surface area contributed by atoms with Gasteiger partial charge in [0.25, 0.3) is 0 Å². The predicted molar refractivity (Wildman–Crippen MR) is 64.3 cm³/mol. The van der Waals surface area contributed by atoms with Crippen LogP contribution in [0.2, 0.25) is 0 Å². The van der Waals surface area contributed by atoms with Crippen LogP contribution in [0.25, 0.3) is 0 Å². The molecular weight excluding hydrogens is 202 g/mol. The third-order valence-electron chi connectivity index (χ3n) is 4.41. The van der Waals surface area contributed by atoms with Crippen LogP contribution in [0, 0.1) is 11.3 Å². The van der Waals surface area contributed by atoms with Crippen LogP contribution in [0.5, 0.6) is 0 Å². The summed E-state index contributed by atoms with van der Waals surface area (Å²) in [4.78, 5) is 0. The maximum atomic E-state index is 9.51. The smallest absolute Gasteiger partial charge is 0.0685 e. The van der Waals surface area contributed by atoms with Gasteiger partial charge in [-0.15, -0.1) is 0 Å². The summed E-state index contributed by atoms with van der Waals surface area (Å²) in [7, 11) is 0. The summed E-state index contributed by atoms with van der Waals surface area (Å²) in [6.07, 6.45) is 3.22. The van der Waals surface area contributed by atoms with Gasteiger partial charge in [0.15, 0.2) is 0 Å². The summed E-state index contributed by atoms with van der Waals surface area (Å²) in [6.45, 7) is 8.44. The van der Waals surface area contributed by atoms with E-state index in [1.165, 1.54) is 6.42 Å². The van der Waals surface area contributed by atoms with Crippen molar-refractivity contribution >= 4 is 0 Å². The van der Waals surface area contributed by atoms with Crippen molar-refractivity contribution in [3.8, 4) is 0 Å². The summed E-state index contributed by atoms with van der Waals surface area (Å²) >= 11 is 0. The van der Waals surface area contributed by atoms with Crippen molar-refractivity contribution in [2.75, 3.05) is 13.2 Å². The van der Waals surface area contributed by atoms with Crippen LogP contribution in [-0.4, -0.2) is 36.5 Å². The minimum absolute atomic E-state index is 0.147. The topological polar surface area (TPSA) is 41.5 Å². The molecule has 3 heteroatoms. The molecule has 94 valence electrons. The van der Waals surface area contributed by atoms with Crippen LogP contribution in [0.1, 0.15) is 40.0 Å². The summed E-state index contributed by atoms with van der Waals surface area (Å²) in [5, 5.41) is 13.1. The van der Waals surface area contributed by atoms with Crippen LogP contribution in [0.15, 0.2) is 0 Å². The van der Waals surface area contributed by atoms with E-state index < -0.39 is 0 Å². The normalized spacial score (nSPS) is 37.9. The fraction of sp³-hybridized carbons (Fsp3) is 1.00. The SMILES string of the molecule is CCC(O)CCNC1C2CCOC2C1(C)C. The van der Waals surface area contributed by atoms with E-state index in [-0.39, 0.29) is 11.5 Å². The van der Waals surface area contributed by atoms with E-state index in [2.05, 4.69) is 19.2 Å². The number of hydrogen-bond donors (Lipinski definition) is 2. The number of aliphatic hydroxyl groups excluding tert-OH is 1. The Morgan fingerprint density at radius 3 is 2.94 bits per heavy atom. The number of hydrogen-bond acceptors (Lipinski definition) is 3. The zero-order valence-electron chi connectivity index (χ0n) is 10.7. The van der Waals surface area contributed by atoms with Gasteiger partial charge in [-0.2, -0.15) is 0 Å². The monoisotopic (exact) mass is 227 g/mol. The van der Waals surface area contributed by atoms with Crippen LogP contribution in [0.3, 0.4) is 0 Å². The van der Waals surface area contributed by atoms with Crippen molar-refractivity contribution in [3.63, 3.8) is 0 Å². The van der Waals surface area contributed by atoms with Gasteiger partial charge in [-0.1, -0.05) is 20.8 Å². The van der Waals surface area contributed by atoms with Gasteiger partial charge in [0.2, 0.25) is 0 Å². The molecule has 0 aromatic rings. The van der Waals surface area contributed by atoms with Gasteiger partial charge in [-0.3, -0.25) is 0 Å². The van der Waals surface area contributed by atoms with Crippen molar-refractivity contribution in [3.05, 3.63) is 0 Å². The van der Waals surface area contributed by atoms with Gasteiger partial charge in [0.05, 0.1) is 12.2 Å². The Hall–Kier alpha value is -0.120. The molecule has 4 atom stereocenters. The molecule has 1 saturated heterocycles. The Morgan fingerprint density at radius 2 is 2.25 bits per heavy atom. The highest BCUT2D eigenvalue weighted by Crippen LogP contribution is 2.51. The van der Waals surface area contributed by atoms with E-state index in [0.29, 0.717) is 18.1 Å². The van der Waals surface area contributed by atoms with E-state index in [0.717, 1.165) is 26.0 Å². The molecule has 2 rings (SSSR count). The maximum absolute atomic E-state index is 9.51. The zero-order chi connectivity index (χ0) is 11.8. The molecular formula is C13H25NO2. The highest BCUT2D eigenvalue weighted by molar-refractivity contribution is 5.11. The first kappa shape index (κ1) is 12.3. The molecule has 0 spiro atoms. The Kier molecular flexibility index (Phi) is 3.57. The first-order valence-corrected chi connectivity index (χ1v) is 6.60. The Balaban J connectivity index is 1.77. The lowest BCUT2D eigenvalue weighted by Gasteiger charge is -2.55. The molecule has 0 radical (unpaired) electrons. The second kappa shape index (κ2) is 4.63. The number of nitrogens with one attached hydrogen (secondary N) is 1. The quantitative estimate of drug-likeness (QED) is 0.749. The largest absolute Gasteiger partial charge is 0.393 e. The average Bonchev–Trinajstić information content (AvgIpc) is 2.70. The Bertz CT molecular complexity index is 242. The Morgan fingerprint density at radius 1 is 1.50 bits per heavy atom. The molecule has 3 nitrogen and oxygen atoms in total. The lowest BCUT2D eigenvalue weighted by molar-refractivity contribution is -0.112. The van der Waals surface area contributed by atoms with Crippen LogP contribution < -0.4 is 5.32 Å². The fourth-order valence-electron chi connectivity index (χ4n) is 3.35. The molecule has 1 aliphatic carbocycles. The minimum atomic E-state index is -0.147. The Labute approximate surface area is 98.6 Å². The molecule has 1 saturated carbocycles. The number of ether oxygens (including phenoxy) is 1. The van der Waals surface area contributed by atoms with E-state index in [1.54, 1.807) is 0 Å². The van der Waals surface area contributed by atoms with Crippen molar-refractivity contribution in [1.29, 1.82) is 0 Å². The van der Waals surface area contributed by atoms with Gasteiger partial charge in [0, 0.05) is 24.0 Å². The molecule has 0 aromatic carbocycles. The number of rotatable bonds is 5. The second-order valence-corrected chi connectivity index (χ2v) is 5.85. The van der Waals surface area contributed by atoms with E-state index in [1.807, 2.05) is 6.92 Å². The van der Waals surface area contributed by atoms with Crippen molar-refractivity contribution in [2.24, 2.45) is 11.3 Å². The van der Waals surface area contributed by atoms with E-state index >= 15 is 0 Å². The standard InChI is InChI=1S/C13H25NO2/c1-4-9(15)5-7-14-11-10-6-8-16-12(10)13(11,2)3/h9-12,14-15H,4-8H2,1-3H3. The maximum Gasteiger partial charge on any atom is 0.0685 e. The third-order valence-corrected chi connectivity index (χ3v) is 4.41. The molecule has 4 unspecified atom stereocenters. The molecule has 2 aliphatic rings. The molecule has 1 aliphatic heterocycles. The second-order valence-electron chi connectivity index (χ2n) is 5.85. The third kappa shape index (κ3) is 2.01. The molecule has 2 fully saturated rings. The highest BCUT2D eigenvalue weighted by Gasteiger charge is 2.58. The number of aliphatic hydroxyl groups is 1. The minimum Gasteiger partial charge on any atom is -0.393 e. The zero-order valence-corrected chi connectivity index (χ0v) is 10.7. The summed E-state index contributed by atoms with van der Waals surface area (Å²) in [5.41, 5.74) is 0.262.